The molecule has 0 spiro atoms. The zero-order chi connectivity index (χ0) is 33.4. The van der Waals surface area contributed by atoms with Crippen LogP contribution in [-0.4, -0.2) is 98.7 Å². The van der Waals surface area contributed by atoms with Gasteiger partial charge in [0, 0.05) is 49.5 Å². The van der Waals surface area contributed by atoms with Crippen molar-refractivity contribution < 1.29 is 17.9 Å². The van der Waals surface area contributed by atoms with Crippen LogP contribution in [0.4, 0.5) is 5.69 Å². The molecule has 7 rings (SSSR count). The average Bonchev–Trinajstić information content (AvgIpc) is 3.52. The Bertz CT molecular complexity index is 1990. The zero-order valence-electron chi connectivity index (χ0n) is 28.0. The van der Waals surface area contributed by atoms with Gasteiger partial charge in [0.1, 0.15) is 22.7 Å². The van der Waals surface area contributed by atoms with Crippen molar-refractivity contribution in [3.8, 4) is 33.9 Å². The molecular weight excluding hydrogens is 625 g/mol. The Morgan fingerprint density at radius 2 is 1.46 bits per heavy atom. The Morgan fingerprint density at radius 1 is 0.812 bits per heavy atom. The summed E-state index contributed by atoms with van der Waals surface area (Å²) in [6.07, 6.45) is 5.67. The second kappa shape index (κ2) is 13.2. The number of anilines is 1. The van der Waals surface area contributed by atoms with E-state index >= 15 is 0 Å². The molecule has 10 nitrogen and oxygen atoms in total. The molecule has 2 aliphatic heterocycles. The highest BCUT2D eigenvalue weighted by molar-refractivity contribution is 7.90. The standard InChI is InChI=1S/C37H42N6O4S/c1-26-10-12-30(13-11-26)48(44,45)43-25-31(27-8-6-5-7-9-27)35-37(43)38-24-32(39-35)28-22-33(46-3)36(34(23-28)47-4)42-20-18-41(19-21-42)29-14-16-40(2)17-15-29/h5-13,22-25,29H,14-21H2,1-4H3. The summed E-state index contributed by atoms with van der Waals surface area (Å²) in [5.41, 5.74) is 5.53. The largest absolute Gasteiger partial charge is 0.494 e. The highest BCUT2D eigenvalue weighted by Crippen LogP contribution is 2.43. The number of aryl methyl sites for hydroxylation is 1. The van der Waals surface area contributed by atoms with Crippen LogP contribution in [0.25, 0.3) is 33.5 Å². The van der Waals surface area contributed by atoms with E-state index in [9.17, 15) is 8.42 Å². The number of ether oxygens (including phenoxy) is 2. The summed E-state index contributed by atoms with van der Waals surface area (Å²) in [4.78, 5) is 17.3. The molecule has 11 heteroatoms. The molecule has 250 valence electrons. The van der Waals surface area contributed by atoms with Crippen LogP contribution in [0.15, 0.2) is 84.0 Å². The van der Waals surface area contributed by atoms with Gasteiger partial charge < -0.3 is 19.3 Å². The monoisotopic (exact) mass is 666 g/mol. The molecule has 0 amide bonds. The number of hydrogen-bond donors (Lipinski definition) is 0. The molecule has 48 heavy (non-hydrogen) atoms. The SMILES string of the molecule is COc1cc(-c2cnc3c(n2)c(-c2ccccc2)cn3S(=O)(=O)c2ccc(C)cc2)cc(OC)c1N1CCN(C2CCN(C)CC2)CC1. The molecule has 0 unspecified atom stereocenters. The van der Waals surface area contributed by atoms with Crippen molar-refractivity contribution >= 4 is 26.9 Å². The quantitative estimate of drug-likeness (QED) is 0.212. The Hall–Kier alpha value is -4.45. The van der Waals surface area contributed by atoms with Gasteiger partial charge in [-0.25, -0.2) is 22.4 Å². The molecule has 0 atom stereocenters. The molecule has 4 heterocycles. The van der Waals surface area contributed by atoms with Crippen LogP contribution >= 0.6 is 0 Å². The Balaban J connectivity index is 1.25. The molecular formula is C37H42N6O4S. The fraction of sp³-hybridized carbons (Fsp3) is 0.351. The van der Waals surface area contributed by atoms with Crippen LogP contribution in [0, 0.1) is 6.92 Å². The first-order chi connectivity index (χ1) is 23.3. The smallest absolute Gasteiger partial charge is 0.269 e. The number of piperidine rings is 1. The van der Waals surface area contributed by atoms with E-state index in [0.717, 1.165) is 61.6 Å². The first-order valence-corrected chi connectivity index (χ1v) is 17.9. The molecule has 2 aromatic heterocycles. The van der Waals surface area contributed by atoms with Gasteiger partial charge in [-0.1, -0.05) is 48.0 Å². The molecule has 0 aliphatic carbocycles. The lowest BCUT2D eigenvalue weighted by atomic mass is 10.0. The normalized spacial score (nSPS) is 16.8. The van der Waals surface area contributed by atoms with Gasteiger partial charge in [-0.05, 0) is 69.7 Å². The van der Waals surface area contributed by atoms with E-state index in [2.05, 4.69) is 21.7 Å². The number of methoxy groups -OCH3 is 2. The number of nitrogens with zero attached hydrogens (tertiary/aromatic N) is 6. The highest BCUT2D eigenvalue weighted by Gasteiger charge is 2.30. The predicted molar refractivity (Wildman–Crippen MR) is 190 cm³/mol. The molecule has 3 aromatic carbocycles. The number of aromatic nitrogens is 3. The number of benzene rings is 3. The minimum Gasteiger partial charge on any atom is -0.494 e. The van der Waals surface area contributed by atoms with Gasteiger partial charge in [0.2, 0.25) is 0 Å². The van der Waals surface area contributed by atoms with E-state index in [1.165, 1.54) is 16.8 Å². The summed E-state index contributed by atoms with van der Waals surface area (Å²) in [6.45, 7) is 7.99. The summed E-state index contributed by atoms with van der Waals surface area (Å²) in [6, 6.07) is 21.1. The third-order valence-electron chi connectivity index (χ3n) is 9.74. The van der Waals surface area contributed by atoms with E-state index in [4.69, 9.17) is 19.4 Å². The van der Waals surface area contributed by atoms with E-state index in [-0.39, 0.29) is 10.5 Å². The summed E-state index contributed by atoms with van der Waals surface area (Å²) in [7, 11) is 1.62. The Morgan fingerprint density at radius 3 is 2.08 bits per heavy atom. The van der Waals surface area contributed by atoms with Crippen molar-refractivity contribution in [2.75, 3.05) is 65.4 Å². The number of rotatable bonds is 8. The fourth-order valence-corrected chi connectivity index (χ4v) is 8.28. The maximum atomic E-state index is 13.9. The first-order valence-electron chi connectivity index (χ1n) is 16.5. The molecule has 2 saturated heterocycles. The molecule has 0 N–H and O–H groups in total. The van der Waals surface area contributed by atoms with Gasteiger partial charge in [0.25, 0.3) is 10.0 Å². The molecule has 0 saturated carbocycles. The zero-order valence-corrected chi connectivity index (χ0v) is 28.8. The van der Waals surface area contributed by atoms with Gasteiger partial charge in [-0.3, -0.25) is 4.90 Å². The van der Waals surface area contributed by atoms with Gasteiger partial charge in [0.15, 0.2) is 5.65 Å². The maximum absolute atomic E-state index is 13.9. The molecule has 2 aliphatic rings. The lowest BCUT2D eigenvalue weighted by Crippen LogP contribution is -2.53. The third-order valence-corrected chi connectivity index (χ3v) is 11.4. The van der Waals surface area contributed by atoms with Gasteiger partial charge >= 0.3 is 0 Å². The molecule has 0 radical (unpaired) electrons. The van der Waals surface area contributed by atoms with Crippen molar-refractivity contribution in [2.45, 2.75) is 30.7 Å². The van der Waals surface area contributed by atoms with Crippen LogP contribution in [0.5, 0.6) is 11.5 Å². The van der Waals surface area contributed by atoms with Crippen LogP contribution in [0.3, 0.4) is 0 Å². The summed E-state index contributed by atoms with van der Waals surface area (Å²) in [5, 5.41) is 0. The van der Waals surface area contributed by atoms with E-state index in [1.54, 1.807) is 50.9 Å². The van der Waals surface area contributed by atoms with E-state index in [1.807, 2.05) is 49.4 Å². The lowest BCUT2D eigenvalue weighted by Gasteiger charge is -2.43. The number of piperazine rings is 1. The predicted octanol–water partition coefficient (Wildman–Crippen LogP) is 5.54. The molecule has 2 fully saturated rings. The van der Waals surface area contributed by atoms with Crippen LogP contribution in [0.1, 0.15) is 18.4 Å². The number of likely N-dealkylation sites (tertiary alicyclic amines) is 1. The first kappa shape index (κ1) is 32.1. The van der Waals surface area contributed by atoms with E-state index in [0.29, 0.717) is 34.3 Å². The minimum absolute atomic E-state index is 0.188. The second-order valence-electron chi connectivity index (χ2n) is 12.7. The van der Waals surface area contributed by atoms with Gasteiger partial charge in [-0.2, -0.15) is 0 Å². The maximum Gasteiger partial charge on any atom is 0.269 e. The van der Waals surface area contributed by atoms with Gasteiger partial charge in [0.05, 0.1) is 31.0 Å². The highest BCUT2D eigenvalue weighted by atomic mass is 32.2. The van der Waals surface area contributed by atoms with Gasteiger partial charge in [-0.15, -0.1) is 0 Å². The van der Waals surface area contributed by atoms with Crippen molar-refractivity contribution in [3.63, 3.8) is 0 Å². The average molecular weight is 667 g/mol. The Labute approximate surface area is 282 Å². The van der Waals surface area contributed by atoms with Crippen LogP contribution < -0.4 is 14.4 Å². The summed E-state index contributed by atoms with van der Waals surface area (Å²) < 4.78 is 41.0. The van der Waals surface area contributed by atoms with Crippen molar-refractivity contribution in [1.29, 1.82) is 0 Å². The van der Waals surface area contributed by atoms with Crippen molar-refractivity contribution in [1.82, 2.24) is 23.7 Å². The fourth-order valence-electron chi connectivity index (χ4n) is 6.96. The summed E-state index contributed by atoms with van der Waals surface area (Å²) >= 11 is 0. The number of fused-ring (bicyclic) bond motifs is 1. The molecule has 0 bridgehead atoms. The van der Waals surface area contributed by atoms with Crippen molar-refractivity contribution in [2.24, 2.45) is 0 Å². The topological polar surface area (TPSA) is 93.0 Å². The summed E-state index contributed by atoms with van der Waals surface area (Å²) in [5.74, 6) is 1.39. The van der Waals surface area contributed by atoms with Crippen LogP contribution in [-0.2, 0) is 10.0 Å². The molecule has 5 aromatic rings. The third kappa shape index (κ3) is 6.02. The Kier molecular flexibility index (Phi) is 8.84. The number of hydrogen-bond acceptors (Lipinski definition) is 9. The minimum atomic E-state index is -3.94. The lowest BCUT2D eigenvalue weighted by molar-refractivity contribution is 0.115. The second-order valence-corrected chi connectivity index (χ2v) is 14.6. The van der Waals surface area contributed by atoms with Crippen molar-refractivity contribution in [3.05, 3.63) is 84.7 Å². The van der Waals surface area contributed by atoms with Crippen LogP contribution in [0.2, 0.25) is 0 Å². The van der Waals surface area contributed by atoms with E-state index < -0.39 is 10.0 Å².